The van der Waals surface area contributed by atoms with Crippen molar-refractivity contribution < 1.29 is 42.6 Å². The molecule has 0 radical (unpaired) electrons. The van der Waals surface area contributed by atoms with Crippen LogP contribution in [0.15, 0.2) is 96.2 Å². The molecule has 4 heterocycles. The normalized spacial score (nSPS) is 19.8. The second-order valence-electron chi connectivity index (χ2n) is 18.7. The van der Waals surface area contributed by atoms with Gasteiger partial charge in [-0.1, -0.05) is 86.0 Å². The number of halogens is 2. The highest BCUT2D eigenvalue weighted by Gasteiger charge is 2.47. The first kappa shape index (κ1) is 55.3. The Hall–Kier alpha value is -6.00. The van der Waals surface area contributed by atoms with Gasteiger partial charge in [0.1, 0.15) is 12.6 Å². The molecule has 2 atom stereocenters. The number of ether oxygens (including phenoxy) is 2. The van der Waals surface area contributed by atoms with Crippen molar-refractivity contribution in [1.29, 1.82) is 0 Å². The molecular formula is C56H70ClFN6O8. The van der Waals surface area contributed by atoms with Gasteiger partial charge in [0, 0.05) is 85.5 Å². The number of carbonyl (C=O) groups is 6. The van der Waals surface area contributed by atoms with E-state index in [4.69, 9.17) is 26.8 Å². The van der Waals surface area contributed by atoms with E-state index in [0.29, 0.717) is 59.0 Å². The summed E-state index contributed by atoms with van der Waals surface area (Å²) in [6.07, 6.45) is 13.9. The van der Waals surface area contributed by atoms with E-state index in [-0.39, 0.29) is 53.7 Å². The fourth-order valence-electron chi connectivity index (χ4n) is 10.9. The lowest BCUT2D eigenvalue weighted by Gasteiger charge is -2.42. The minimum absolute atomic E-state index is 0.0348. The Labute approximate surface area is 428 Å². The highest BCUT2D eigenvalue weighted by atomic mass is 35.5. The molecule has 4 fully saturated rings. The fourth-order valence-corrected chi connectivity index (χ4v) is 11.1. The largest absolute Gasteiger partial charge is 0.488 e. The van der Waals surface area contributed by atoms with Crippen LogP contribution < -0.4 is 21.5 Å². The van der Waals surface area contributed by atoms with E-state index in [9.17, 15) is 28.8 Å². The van der Waals surface area contributed by atoms with Crippen molar-refractivity contribution >= 4 is 47.4 Å². The number of methoxy groups -OCH3 is 1. The van der Waals surface area contributed by atoms with Crippen molar-refractivity contribution in [3.63, 3.8) is 0 Å². The molecule has 5 N–H and O–H groups in total. The molecule has 1 saturated carbocycles. The average molecular weight is 1010 g/mol. The third-order valence-electron chi connectivity index (χ3n) is 14.7. The molecule has 0 bridgehead atoms. The monoisotopic (exact) mass is 1010 g/mol. The number of amides is 5. The van der Waals surface area contributed by atoms with Gasteiger partial charge in [0.05, 0.1) is 17.8 Å². The van der Waals surface area contributed by atoms with E-state index in [2.05, 4.69) is 27.4 Å². The van der Waals surface area contributed by atoms with Crippen LogP contribution in [-0.2, 0) is 28.7 Å². The summed E-state index contributed by atoms with van der Waals surface area (Å²) in [6, 6.07) is 17.1. The molecule has 3 aromatic carbocycles. The maximum Gasteiger partial charge on any atom is 0.264 e. The smallest absolute Gasteiger partial charge is 0.264 e. The number of allylic oxidation sites excluding steroid dienone is 1. The van der Waals surface area contributed by atoms with Crippen LogP contribution in [0.3, 0.4) is 0 Å². The molecule has 1 aliphatic carbocycles. The number of aldehydes is 1. The standard InChI is InChI=1S/C31H42N4O5.C24H23ClFNO3.CH5N/c1-3-23-27(31(40)35(30(23)39)25-10-11-26(36)32-28(25)37)24(4-2)33-16-12-20(13-17-33)21-14-18-34(19-15-21)29(38)22-8-6-5-7-9-22;1-29-11-12-30-22-10-8-18(15-28)23(24(22)26)19-13-17(7-9-21(19)25)20(14-27)16-5-3-2-4-6-16;1-2/h3-4,20-22,25H,1,5-19H2,2H3,(H,32,36,37);2-10,13,15,20H,11-12,14,27H2,1H3;2H2,1H3/b24-4+;;. The number of piperidine rings is 3. The summed E-state index contributed by atoms with van der Waals surface area (Å²) in [5.41, 5.74) is 14.4. The summed E-state index contributed by atoms with van der Waals surface area (Å²) in [4.78, 5) is 80.9. The third-order valence-corrected chi connectivity index (χ3v) is 15.0. The van der Waals surface area contributed by atoms with Crippen molar-refractivity contribution in [2.45, 2.75) is 89.5 Å². The minimum atomic E-state index is -0.996. The van der Waals surface area contributed by atoms with Gasteiger partial charge in [-0.2, -0.15) is 0 Å². The second kappa shape index (κ2) is 26.6. The Balaban J connectivity index is 0.000000237. The van der Waals surface area contributed by atoms with Crippen LogP contribution in [-0.4, -0.2) is 117 Å². The zero-order valence-corrected chi connectivity index (χ0v) is 42.6. The molecule has 386 valence electrons. The first-order valence-electron chi connectivity index (χ1n) is 25.2. The molecular weight excluding hydrogens is 939 g/mol. The molecule has 2 unspecified atom stereocenters. The van der Waals surface area contributed by atoms with E-state index in [1.54, 1.807) is 12.1 Å². The van der Waals surface area contributed by atoms with Crippen LogP contribution in [0.25, 0.3) is 11.1 Å². The van der Waals surface area contributed by atoms with Crippen molar-refractivity contribution in [1.82, 2.24) is 20.0 Å². The van der Waals surface area contributed by atoms with Crippen LogP contribution in [0.1, 0.15) is 105 Å². The van der Waals surface area contributed by atoms with Gasteiger partial charge in [0.15, 0.2) is 17.9 Å². The first-order chi connectivity index (χ1) is 34.9. The summed E-state index contributed by atoms with van der Waals surface area (Å²) in [7, 11) is 3.03. The lowest BCUT2D eigenvalue weighted by molar-refractivity contribution is -0.150. The van der Waals surface area contributed by atoms with Crippen molar-refractivity contribution in [2.75, 3.05) is 60.1 Å². The van der Waals surface area contributed by atoms with E-state index in [1.807, 2.05) is 49.4 Å². The molecule has 0 spiro atoms. The molecule has 14 nitrogen and oxygen atoms in total. The van der Waals surface area contributed by atoms with E-state index in [0.717, 1.165) is 80.7 Å². The summed E-state index contributed by atoms with van der Waals surface area (Å²) >= 11 is 6.43. The van der Waals surface area contributed by atoms with E-state index < -0.39 is 35.5 Å². The van der Waals surface area contributed by atoms with Gasteiger partial charge in [-0.3, -0.25) is 39.0 Å². The Bertz CT molecular complexity index is 2490. The minimum Gasteiger partial charge on any atom is -0.488 e. The Morgan fingerprint density at radius 1 is 0.861 bits per heavy atom. The quantitative estimate of drug-likeness (QED) is 0.0767. The Morgan fingerprint density at radius 2 is 1.51 bits per heavy atom. The molecule has 5 aliphatic rings. The van der Waals surface area contributed by atoms with Gasteiger partial charge in [-0.05, 0) is 106 Å². The van der Waals surface area contributed by atoms with Crippen LogP contribution in [0, 0.1) is 23.6 Å². The van der Waals surface area contributed by atoms with Crippen molar-refractivity contribution in [2.24, 2.45) is 29.2 Å². The van der Waals surface area contributed by atoms with Crippen molar-refractivity contribution in [3.8, 4) is 16.9 Å². The number of carbonyl (C=O) groups excluding carboxylic acids is 6. The van der Waals surface area contributed by atoms with Gasteiger partial charge < -0.3 is 30.7 Å². The van der Waals surface area contributed by atoms with Gasteiger partial charge in [0.2, 0.25) is 17.7 Å². The van der Waals surface area contributed by atoms with E-state index >= 15 is 4.39 Å². The lowest BCUT2D eigenvalue weighted by Crippen LogP contribution is -2.54. The predicted octanol–water partition coefficient (Wildman–Crippen LogP) is 7.73. The number of rotatable bonds is 15. The lowest BCUT2D eigenvalue weighted by atomic mass is 9.78. The summed E-state index contributed by atoms with van der Waals surface area (Å²) < 4.78 is 25.8. The maximum atomic E-state index is 15.3. The van der Waals surface area contributed by atoms with Crippen LogP contribution >= 0.6 is 11.6 Å². The molecule has 4 aliphatic heterocycles. The molecule has 72 heavy (non-hydrogen) atoms. The molecule has 3 aromatic rings. The summed E-state index contributed by atoms with van der Waals surface area (Å²) in [5, 5.41) is 2.58. The number of nitrogens with zero attached hydrogens (tertiary/aromatic N) is 3. The van der Waals surface area contributed by atoms with Gasteiger partial charge in [0.25, 0.3) is 11.8 Å². The van der Waals surface area contributed by atoms with Crippen LogP contribution in [0.2, 0.25) is 5.02 Å². The van der Waals surface area contributed by atoms with Crippen LogP contribution in [0.5, 0.6) is 5.75 Å². The first-order valence-corrected chi connectivity index (χ1v) is 25.6. The van der Waals surface area contributed by atoms with E-state index in [1.165, 1.54) is 51.6 Å². The summed E-state index contributed by atoms with van der Waals surface area (Å²) in [5.74, 6) is -0.946. The molecule has 0 aromatic heterocycles. The number of benzene rings is 3. The molecule has 3 saturated heterocycles. The highest BCUT2D eigenvalue weighted by molar-refractivity contribution is 6.33. The zero-order valence-electron chi connectivity index (χ0n) is 41.8. The van der Waals surface area contributed by atoms with Gasteiger partial charge in [-0.25, -0.2) is 4.39 Å². The number of imide groups is 2. The number of nitrogens with one attached hydrogen (secondary N) is 1. The van der Waals surface area contributed by atoms with Gasteiger partial charge in [-0.15, -0.1) is 0 Å². The zero-order chi connectivity index (χ0) is 51.9. The number of nitrogens with two attached hydrogens (primary N) is 2. The van der Waals surface area contributed by atoms with Crippen molar-refractivity contribution in [3.05, 3.63) is 124 Å². The molecule has 8 rings (SSSR count). The maximum absolute atomic E-state index is 15.3. The molecule has 16 heteroatoms. The Kier molecular flexibility index (Phi) is 20.5. The average Bonchev–Trinajstić information content (AvgIpc) is 3.66. The van der Waals surface area contributed by atoms with Gasteiger partial charge >= 0.3 is 0 Å². The van der Waals surface area contributed by atoms with Crippen LogP contribution in [0.4, 0.5) is 4.39 Å². The number of likely N-dealkylation sites (tertiary alicyclic amines) is 2. The number of hydrogen-bond donors (Lipinski definition) is 3. The fraction of sp³-hybridized carbons (Fsp3) is 0.464. The highest BCUT2D eigenvalue weighted by Crippen LogP contribution is 2.40. The molecule has 5 amide bonds. The Morgan fingerprint density at radius 3 is 2.10 bits per heavy atom. The number of hydrogen-bond acceptors (Lipinski definition) is 11. The third kappa shape index (κ3) is 12.6. The SMILES string of the molecule is C=CC1=C(/C(=C\C)N2CCC(C3CCN(C(=O)C4CCCCC4)CC3)CC2)C(=O)N(C2CCC(=O)NC2=O)C1=O.CN.COCCOc1ccc(C=O)c(-c2cc(C(CN)c3ccccc3)ccc2Cl)c1F. The topological polar surface area (TPSA) is 195 Å². The second-order valence-corrected chi connectivity index (χ2v) is 19.1. The summed E-state index contributed by atoms with van der Waals surface area (Å²) in [6.45, 7) is 9.80. The predicted molar refractivity (Wildman–Crippen MR) is 276 cm³/mol.